The van der Waals surface area contributed by atoms with Crippen LogP contribution in [0.25, 0.3) is 4.96 Å². The summed E-state index contributed by atoms with van der Waals surface area (Å²) in [5.74, 6) is -1.77. The maximum atomic E-state index is 12.7. The molecule has 2 aromatic heterocycles. The Balaban J connectivity index is 1.61. The number of carbonyl (C=O) groups is 1. The highest BCUT2D eigenvalue weighted by Gasteiger charge is 2.38. The summed E-state index contributed by atoms with van der Waals surface area (Å²) in [6, 6.07) is 0. The molecule has 1 N–H and O–H groups in total. The van der Waals surface area contributed by atoms with Crippen LogP contribution >= 0.6 is 11.3 Å². The summed E-state index contributed by atoms with van der Waals surface area (Å²) >= 11 is 0.761. The van der Waals surface area contributed by atoms with E-state index < -0.39 is 17.9 Å². The molecule has 1 aliphatic heterocycles. The molecule has 1 saturated heterocycles. The Morgan fingerprint density at radius 1 is 1.30 bits per heavy atom. The number of carbonyl (C=O) groups excluding carboxylic acids is 1. The Labute approximate surface area is 132 Å². The number of halogens is 3. The number of ether oxygens (including phenoxy) is 1. The van der Waals surface area contributed by atoms with E-state index in [1.165, 1.54) is 0 Å². The Morgan fingerprint density at radius 2 is 2.04 bits per heavy atom. The van der Waals surface area contributed by atoms with E-state index in [1.54, 1.807) is 0 Å². The molecule has 0 atom stereocenters. The van der Waals surface area contributed by atoms with Crippen LogP contribution in [-0.4, -0.2) is 70.0 Å². The Morgan fingerprint density at radius 3 is 2.74 bits per heavy atom. The number of rotatable bonds is 4. The molecule has 1 amide bonds. The van der Waals surface area contributed by atoms with Gasteiger partial charge in [0.15, 0.2) is 0 Å². The van der Waals surface area contributed by atoms with E-state index >= 15 is 0 Å². The SMILES string of the molecule is O=C(NCCN1CCOCC1)c1nn2c(C(F)(F)F)nnc2s1. The maximum Gasteiger partial charge on any atom is 0.453 e. The molecule has 0 aromatic carbocycles. The monoisotopic (exact) mass is 350 g/mol. The van der Waals surface area contributed by atoms with Crippen LogP contribution in [0, 0.1) is 0 Å². The smallest absolute Gasteiger partial charge is 0.379 e. The van der Waals surface area contributed by atoms with Crippen molar-refractivity contribution < 1.29 is 22.7 Å². The molecule has 2 aromatic rings. The van der Waals surface area contributed by atoms with Crippen LogP contribution in [0.3, 0.4) is 0 Å². The highest BCUT2D eigenvalue weighted by Crippen LogP contribution is 2.28. The Hall–Kier alpha value is -1.79. The Kier molecular flexibility index (Phi) is 4.46. The number of nitrogens with zero attached hydrogens (tertiary/aromatic N) is 5. The van der Waals surface area contributed by atoms with Gasteiger partial charge in [-0.15, -0.1) is 15.3 Å². The van der Waals surface area contributed by atoms with Crippen molar-refractivity contribution in [2.75, 3.05) is 39.4 Å². The summed E-state index contributed by atoms with van der Waals surface area (Å²) in [5.41, 5.74) is 0. The zero-order chi connectivity index (χ0) is 16.4. The first-order chi connectivity index (χ1) is 10.9. The molecule has 0 unspecified atom stereocenters. The molecule has 23 heavy (non-hydrogen) atoms. The van der Waals surface area contributed by atoms with Crippen LogP contribution in [0.1, 0.15) is 15.6 Å². The van der Waals surface area contributed by atoms with Crippen LogP contribution < -0.4 is 5.32 Å². The molecular formula is C11H13F3N6O2S. The average Bonchev–Trinajstić information content (AvgIpc) is 3.07. The normalized spacial score (nSPS) is 16.8. The predicted octanol–water partition coefficient (Wildman–Crippen LogP) is 0.267. The van der Waals surface area contributed by atoms with Crippen LogP contribution in [0.15, 0.2) is 0 Å². The van der Waals surface area contributed by atoms with E-state index in [9.17, 15) is 18.0 Å². The third-order valence-corrected chi connectivity index (χ3v) is 4.15. The van der Waals surface area contributed by atoms with E-state index in [-0.39, 0.29) is 9.97 Å². The van der Waals surface area contributed by atoms with Gasteiger partial charge in [0.25, 0.3) is 11.7 Å². The van der Waals surface area contributed by atoms with Crippen LogP contribution in [0.5, 0.6) is 0 Å². The van der Waals surface area contributed by atoms with Gasteiger partial charge >= 0.3 is 6.18 Å². The van der Waals surface area contributed by atoms with E-state index in [0.717, 1.165) is 24.4 Å². The minimum absolute atomic E-state index is 0.0735. The summed E-state index contributed by atoms with van der Waals surface area (Å²) in [7, 11) is 0. The molecule has 1 aliphatic rings. The number of amides is 1. The summed E-state index contributed by atoms with van der Waals surface area (Å²) in [5, 5.41) is 12.6. The van der Waals surface area contributed by atoms with Gasteiger partial charge in [-0.1, -0.05) is 11.3 Å². The number of aromatic nitrogens is 4. The number of alkyl halides is 3. The lowest BCUT2D eigenvalue weighted by atomic mass is 10.4. The van der Waals surface area contributed by atoms with Gasteiger partial charge in [-0.25, -0.2) is 0 Å². The van der Waals surface area contributed by atoms with Crippen molar-refractivity contribution in [2.24, 2.45) is 0 Å². The van der Waals surface area contributed by atoms with Crippen molar-refractivity contribution in [3.8, 4) is 0 Å². The topological polar surface area (TPSA) is 84.7 Å². The van der Waals surface area contributed by atoms with E-state index in [4.69, 9.17) is 4.74 Å². The fourth-order valence-corrected chi connectivity index (χ4v) is 2.87. The van der Waals surface area contributed by atoms with Crippen LogP contribution in [0.4, 0.5) is 13.2 Å². The molecule has 0 radical (unpaired) electrons. The van der Waals surface area contributed by atoms with Gasteiger partial charge < -0.3 is 10.1 Å². The fraction of sp³-hybridized carbons (Fsp3) is 0.636. The van der Waals surface area contributed by atoms with Gasteiger partial charge in [-0.3, -0.25) is 9.69 Å². The zero-order valence-electron chi connectivity index (χ0n) is 11.8. The number of hydrogen-bond acceptors (Lipinski definition) is 7. The lowest BCUT2D eigenvalue weighted by molar-refractivity contribution is -0.146. The standard InChI is InChI=1S/C11H13F3N6O2S/c12-11(13,14)9-16-17-10-20(9)18-8(23-10)7(21)15-1-2-19-3-5-22-6-4-19/h1-6H2,(H,15,21). The molecular weight excluding hydrogens is 337 g/mol. The highest BCUT2D eigenvalue weighted by molar-refractivity contribution is 7.18. The predicted molar refractivity (Wildman–Crippen MR) is 73.3 cm³/mol. The molecule has 126 valence electrons. The molecule has 0 aliphatic carbocycles. The van der Waals surface area contributed by atoms with Crippen molar-refractivity contribution >= 4 is 22.2 Å². The number of fused-ring (bicyclic) bond motifs is 1. The van der Waals surface area contributed by atoms with Crippen molar-refractivity contribution in [2.45, 2.75) is 6.18 Å². The lowest BCUT2D eigenvalue weighted by Crippen LogP contribution is -2.41. The molecule has 3 heterocycles. The van der Waals surface area contributed by atoms with Crippen molar-refractivity contribution in [1.82, 2.24) is 30.0 Å². The third-order valence-electron chi connectivity index (χ3n) is 3.26. The second-order valence-electron chi connectivity index (χ2n) is 4.83. The first-order valence-electron chi connectivity index (χ1n) is 6.83. The molecule has 3 rings (SSSR count). The zero-order valence-corrected chi connectivity index (χ0v) is 12.7. The fourth-order valence-electron chi connectivity index (χ4n) is 2.11. The molecule has 0 saturated carbocycles. The maximum absolute atomic E-state index is 12.7. The summed E-state index contributed by atoms with van der Waals surface area (Å²) in [6.45, 7) is 3.93. The van der Waals surface area contributed by atoms with Gasteiger partial charge in [-0.2, -0.15) is 17.7 Å². The van der Waals surface area contributed by atoms with Gasteiger partial charge in [0.1, 0.15) is 0 Å². The van der Waals surface area contributed by atoms with Crippen molar-refractivity contribution in [1.29, 1.82) is 0 Å². The highest BCUT2D eigenvalue weighted by atomic mass is 32.1. The Bertz CT molecular complexity index is 694. The van der Waals surface area contributed by atoms with Gasteiger partial charge in [0, 0.05) is 26.2 Å². The summed E-state index contributed by atoms with van der Waals surface area (Å²) in [4.78, 5) is 14.0. The van der Waals surface area contributed by atoms with Crippen LogP contribution in [0.2, 0.25) is 0 Å². The van der Waals surface area contributed by atoms with E-state index in [2.05, 4.69) is 25.5 Å². The lowest BCUT2D eigenvalue weighted by Gasteiger charge is -2.26. The molecule has 12 heteroatoms. The average molecular weight is 350 g/mol. The minimum Gasteiger partial charge on any atom is -0.379 e. The van der Waals surface area contributed by atoms with Crippen molar-refractivity contribution in [3.05, 3.63) is 10.8 Å². The first-order valence-corrected chi connectivity index (χ1v) is 7.64. The molecule has 8 nitrogen and oxygen atoms in total. The van der Waals surface area contributed by atoms with E-state index in [1.807, 2.05) is 0 Å². The first kappa shape index (κ1) is 16.1. The van der Waals surface area contributed by atoms with E-state index in [0.29, 0.717) is 30.8 Å². The van der Waals surface area contributed by atoms with Gasteiger partial charge in [-0.05, 0) is 0 Å². The summed E-state index contributed by atoms with van der Waals surface area (Å²) in [6.07, 6.45) is -4.67. The third kappa shape index (κ3) is 3.59. The second kappa shape index (κ2) is 6.37. The van der Waals surface area contributed by atoms with Gasteiger partial charge in [0.2, 0.25) is 9.97 Å². The van der Waals surface area contributed by atoms with Crippen LogP contribution in [-0.2, 0) is 10.9 Å². The molecule has 1 fully saturated rings. The minimum atomic E-state index is -4.67. The number of morpholine rings is 1. The number of hydrogen-bond donors (Lipinski definition) is 1. The molecule has 0 spiro atoms. The second-order valence-corrected chi connectivity index (χ2v) is 5.79. The molecule has 0 bridgehead atoms. The van der Waals surface area contributed by atoms with Crippen molar-refractivity contribution in [3.63, 3.8) is 0 Å². The quantitative estimate of drug-likeness (QED) is 0.852. The largest absolute Gasteiger partial charge is 0.453 e. The number of nitrogens with one attached hydrogen (secondary N) is 1. The van der Waals surface area contributed by atoms with Gasteiger partial charge in [0.05, 0.1) is 13.2 Å². The summed E-state index contributed by atoms with van der Waals surface area (Å²) < 4.78 is 43.8.